The highest BCUT2D eigenvalue weighted by Gasteiger charge is 2.38. The molecule has 0 aromatic heterocycles. The van der Waals surface area contributed by atoms with Gasteiger partial charge in [0.05, 0.1) is 36.7 Å². The zero-order valence-electron chi connectivity index (χ0n) is 27.4. The molecule has 1 N–H and O–H groups in total. The zero-order chi connectivity index (χ0) is 33.4. The van der Waals surface area contributed by atoms with Gasteiger partial charge >= 0.3 is 5.97 Å². The summed E-state index contributed by atoms with van der Waals surface area (Å²) in [5, 5.41) is -0.0259. The van der Waals surface area contributed by atoms with Crippen LogP contribution in [0.4, 0.5) is 5.69 Å². The number of allylic oxidation sites excluding steroid dienone is 1. The fourth-order valence-electron chi connectivity index (χ4n) is 6.81. The maximum Gasteiger partial charge on any atom is 0.308 e. The molecule has 2 aromatic carbocycles. The number of carbonyl (C=O) groups is 2. The summed E-state index contributed by atoms with van der Waals surface area (Å²) >= 11 is 6.34. The number of fused-ring (bicyclic) bond motifs is 3. The van der Waals surface area contributed by atoms with Crippen LogP contribution in [0.1, 0.15) is 86.7 Å². The number of esters is 1. The van der Waals surface area contributed by atoms with Gasteiger partial charge in [0.1, 0.15) is 12.4 Å². The van der Waals surface area contributed by atoms with Crippen molar-refractivity contribution in [1.29, 1.82) is 0 Å². The SMILES string of the molecule is CCOC(=O)CCO[C@H]1/C=C/CC[C@@H](CC)S(=O)(=O)NC(=O)c2ccc3c(c2)N(CCCCc2cc(Cl)ccc2CO3)C[C@@H]2CC[C@H]21. The third-order valence-corrected chi connectivity index (χ3v) is 11.8. The first kappa shape index (κ1) is 35.2. The second-order valence-corrected chi connectivity index (χ2v) is 15.1. The molecular weight excluding hydrogens is 640 g/mol. The van der Waals surface area contributed by atoms with Crippen LogP contribution in [0.25, 0.3) is 0 Å². The number of amides is 1. The number of carbonyl (C=O) groups excluding carboxylic acids is 2. The van der Waals surface area contributed by atoms with Crippen molar-refractivity contribution in [2.24, 2.45) is 11.8 Å². The van der Waals surface area contributed by atoms with E-state index in [1.807, 2.05) is 37.3 Å². The third-order valence-electron chi connectivity index (χ3n) is 9.62. The summed E-state index contributed by atoms with van der Waals surface area (Å²) in [5.74, 6) is 0.258. The average molecular weight is 687 g/mol. The number of ether oxygens (including phenoxy) is 3. The maximum absolute atomic E-state index is 13.4. The Bertz CT molecular complexity index is 1550. The minimum absolute atomic E-state index is 0.179. The fourth-order valence-corrected chi connectivity index (χ4v) is 8.44. The van der Waals surface area contributed by atoms with E-state index in [0.29, 0.717) is 49.2 Å². The van der Waals surface area contributed by atoms with E-state index in [1.54, 1.807) is 25.1 Å². The van der Waals surface area contributed by atoms with E-state index in [4.69, 9.17) is 25.8 Å². The maximum atomic E-state index is 13.4. The largest absolute Gasteiger partial charge is 0.487 e. The molecule has 0 unspecified atom stereocenters. The van der Waals surface area contributed by atoms with E-state index in [9.17, 15) is 18.0 Å². The van der Waals surface area contributed by atoms with E-state index in [1.165, 1.54) is 5.56 Å². The molecule has 2 aromatic rings. The molecule has 0 spiro atoms. The van der Waals surface area contributed by atoms with Crippen LogP contribution < -0.4 is 14.4 Å². The predicted molar refractivity (Wildman–Crippen MR) is 183 cm³/mol. The van der Waals surface area contributed by atoms with Crippen LogP contribution in [-0.4, -0.2) is 58.0 Å². The molecule has 5 rings (SSSR count). The Labute approximate surface area is 284 Å². The van der Waals surface area contributed by atoms with E-state index in [0.717, 1.165) is 56.4 Å². The molecule has 9 nitrogen and oxygen atoms in total. The molecular formula is C36H47ClN2O7S. The van der Waals surface area contributed by atoms with Crippen LogP contribution in [-0.2, 0) is 37.3 Å². The topological polar surface area (TPSA) is 111 Å². The molecule has 3 aliphatic rings. The van der Waals surface area contributed by atoms with Crippen molar-refractivity contribution in [3.8, 4) is 5.75 Å². The third kappa shape index (κ3) is 9.09. The smallest absolute Gasteiger partial charge is 0.308 e. The van der Waals surface area contributed by atoms with Gasteiger partial charge in [-0.15, -0.1) is 0 Å². The van der Waals surface area contributed by atoms with Crippen LogP contribution in [0.3, 0.4) is 0 Å². The summed E-state index contributed by atoms with van der Waals surface area (Å²) in [5.41, 5.74) is 3.27. The summed E-state index contributed by atoms with van der Waals surface area (Å²) in [7, 11) is -3.92. The second-order valence-electron chi connectivity index (χ2n) is 12.7. The normalized spacial score (nSPS) is 25.4. The molecule has 1 saturated carbocycles. The molecule has 1 fully saturated rings. The van der Waals surface area contributed by atoms with Crippen molar-refractivity contribution < 1.29 is 32.2 Å². The van der Waals surface area contributed by atoms with Gasteiger partial charge in [-0.25, -0.2) is 13.1 Å². The molecule has 256 valence electrons. The Kier molecular flexibility index (Phi) is 12.3. The zero-order valence-corrected chi connectivity index (χ0v) is 29.0. The van der Waals surface area contributed by atoms with Crippen LogP contribution in [0.15, 0.2) is 48.6 Å². The van der Waals surface area contributed by atoms with Crippen LogP contribution in [0.2, 0.25) is 5.02 Å². The minimum Gasteiger partial charge on any atom is -0.487 e. The lowest BCUT2D eigenvalue weighted by atomic mass is 9.70. The molecule has 4 atom stereocenters. The Morgan fingerprint density at radius 2 is 1.94 bits per heavy atom. The van der Waals surface area contributed by atoms with Crippen molar-refractivity contribution in [3.05, 3.63) is 70.3 Å². The Morgan fingerprint density at radius 3 is 2.70 bits per heavy atom. The molecule has 1 amide bonds. The minimum atomic E-state index is -3.92. The molecule has 2 heterocycles. The highest BCUT2D eigenvalue weighted by molar-refractivity contribution is 7.90. The first-order chi connectivity index (χ1) is 22.7. The number of nitrogens with zero attached hydrogens (tertiary/aromatic N) is 1. The van der Waals surface area contributed by atoms with Gasteiger partial charge in [-0.05, 0) is 112 Å². The number of benzene rings is 2. The average Bonchev–Trinajstić information content (AvgIpc) is 3.05. The van der Waals surface area contributed by atoms with E-state index >= 15 is 0 Å². The van der Waals surface area contributed by atoms with Gasteiger partial charge in [0.2, 0.25) is 10.0 Å². The van der Waals surface area contributed by atoms with Gasteiger partial charge < -0.3 is 19.1 Å². The lowest BCUT2D eigenvalue weighted by Gasteiger charge is -2.44. The first-order valence-electron chi connectivity index (χ1n) is 17.0. The Hall–Kier alpha value is -3.08. The van der Waals surface area contributed by atoms with E-state index < -0.39 is 21.2 Å². The molecule has 0 saturated heterocycles. The molecule has 0 radical (unpaired) electrons. The monoisotopic (exact) mass is 686 g/mol. The summed E-state index contributed by atoms with van der Waals surface area (Å²) in [6.07, 6.45) is 10.0. The number of aryl methyl sites for hydroxylation is 1. The Morgan fingerprint density at radius 1 is 1.09 bits per heavy atom. The van der Waals surface area contributed by atoms with Gasteiger partial charge in [-0.1, -0.05) is 36.7 Å². The predicted octanol–water partition coefficient (Wildman–Crippen LogP) is 6.61. The summed E-state index contributed by atoms with van der Waals surface area (Å²) < 4.78 is 46.9. The number of halogens is 1. The first-order valence-corrected chi connectivity index (χ1v) is 18.9. The second kappa shape index (κ2) is 16.3. The van der Waals surface area contributed by atoms with Crippen molar-refractivity contribution in [1.82, 2.24) is 4.72 Å². The standard InChI is InChI=1S/C36H47ClN2O7S/c1-3-30-10-5-6-11-33(45-20-18-35(40)44-4-2)31-16-13-27(31)23-39-19-8-7-9-25-21-29(37)15-12-28(25)24-46-34-17-14-26(22-32(34)39)36(41)38-47(30,42)43/h6,11-12,14-15,17,21-22,27,30-31,33H,3-5,7-10,13,16,18-20,23-24H2,1-2H3,(H,38,41)/b11-6+/t27-,30+,31+,33-/m0/s1. The van der Waals surface area contributed by atoms with Gasteiger partial charge in [0.15, 0.2) is 0 Å². The summed E-state index contributed by atoms with van der Waals surface area (Å²) in [6, 6.07) is 11.1. The van der Waals surface area contributed by atoms with E-state index in [-0.39, 0.29) is 36.6 Å². The van der Waals surface area contributed by atoms with Crippen LogP contribution >= 0.6 is 11.6 Å². The number of rotatable bonds is 6. The number of hydrogen-bond donors (Lipinski definition) is 1. The molecule has 2 bridgehead atoms. The number of hydrogen-bond acceptors (Lipinski definition) is 8. The van der Waals surface area contributed by atoms with Crippen LogP contribution in [0.5, 0.6) is 5.75 Å². The van der Waals surface area contributed by atoms with Crippen molar-refractivity contribution in [2.75, 3.05) is 31.2 Å². The molecule has 2 aliphatic heterocycles. The van der Waals surface area contributed by atoms with Crippen LogP contribution in [0, 0.1) is 11.8 Å². The lowest BCUT2D eigenvalue weighted by Crippen LogP contribution is -2.44. The molecule has 47 heavy (non-hydrogen) atoms. The van der Waals surface area contributed by atoms with Gasteiger partial charge in [0.25, 0.3) is 5.91 Å². The highest BCUT2D eigenvalue weighted by Crippen LogP contribution is 2.42. The quantitative estimate of drug-likeness (QED) is 0.267. The van der Waals surface area contributed by atoms with Crippen molar-refractivity contribution in [2.45, 2.75) is 89.6 Å². The number of nitrogens with one attached hydrogen (secondary N) is 1. The summed E-state index contributed by atoms with van der Waals surface area (Å²) in [6.45, 7) is 6.00. The number of sulfonamides is 1. The van der Waals surface area contributed by atoms with Gasteiger partial charge in [0, 0.05) is 23.7 Å². The highest BCUT2D eigenvalue weighted by atomic mass is 35.5. The summed E-state index contributed by atoms with van der Waals surface area (Å²) in [4.78, 5) is 27.8. The fraction of sp³-hybridized carbons (Fsp3) is 0.556. The molecule has 11 heteroatoms. The Balaban J connectivity index is 1.49. The van der Waals surface area contributed by atoms with Gasteiger partial charge in [-0.3, -0.25) is 9.59 Å². The van der Waals surface area contributed by atoms with Crippen molar-refractivity contribution >= 4 is 39.2 Å². The lowest BCUT2D eigenvalue weighted by molar-refractivity contribution is -0.145. The van der Waals surface area contributed by atoms with E-state index in [2.05, 4.69) is 9.62 Å². The number of anilines is 1. The van der Waals surface area contributed by atoms with Gasteiger partial charge in [-0.2, -0.15) is 0 Å². The van der Waals surface area contributed by atoms with Crippen molar-refractivity contribution in [3.63, 3.8) is 0 Å². The molecule has 1 aliphatic carbocycles.